The average Bonchev–Trinajstić information content (AvgIpc) is 3.33. The largest absolute Gasteiger partial charge is 0.493 e. The Hall–Kier alpha value is -3.74. The zero-order valence-electron chi connectivity index (χ0n) is 18.0. The maximum atomic E-state index is 11.0. The average molecular weight is 434 g/mol. The quantitative estimate of drug-likeness (QED) is 0.347. The number of ether oxygens (including phenoxy) is 1. The van der Waals surface area contributed by atoms with Gasteiger partial charge in [0.25, 0.3) is 0 Å². The molecule has 7 heteroatoms. The summed E-state index contributed by atoms with van der Waals surface area (Å²) in [7, 11) is 0. The summed E-state index contributed by atoms with van der Waals surface area (Å²) in [6, 6.07) is 17.9. The highest BCUT2D eigenvalue weighted by atomic mass is 16.5. The molecule has 7 nitrogen and oxygen atoms in total. The number of hydrogen-bond donors (Lipinski definition) is 2. The van der Waals surface area contributed by atoms with Crippen molar-refractivity contribution in [1.82, 2.24) is 9.97 Å². The number of aryl methyl sites for hydroxylation is 3. The molecule has 4 aromatic rings. The highest BCUT2D eigenvalue weighted by Crippen LogP contribution is 2.22. The number of hydrogen-bond acceptors (Lipinski definition) is 6. The Balaban J connectivity index is 1.21. The summed E-state index contributed by atoms with van der Waals surface area (Å²) in [5.74, 6) is 1.79. The van der Waals surface area contributed by atoms with Crippen molar-refractivity contribution < 1.29 is 18.7 Å². The Kier molecular flexibility index (Phi) is 6.75. The minimum atomic E-state index is -0.622. The van der Waals surface area contributed by atoms with E-state index in [-0.39, 0.29) is 5.88 Å². The molecule has 0 spiro atoms. The number of rotatable bonds is 10. The lowest BCUT2D eigenvalue weighted by Gasteiger charge is -2.07. The Labute approximate surface area is 185 Å². The van der Waals surface area contributed by atoms with E-state index in [2.05, 4.69) is 22.1 Å². The van der Waals surface area contributed by atoms with E-state index >= 15 is 0 Å². The Morgan fingerprint density at radius 1 is 0.969 bits per heavy atom. The number of H-pyrrole nitrogens is 1. The van der Waals surface area contributed by atoms with Gasteiger partial charge in [0.15, 0.2) is 5.76 Å². The fourth-order valence-electron chi connectivity index (χ4n) is 3.52. The fourth-order valence-corrected chi connectivity index (χ4v) is 3.52. The van der Waals surface area contributed by atoms with Crippen molar-refractivity contribution in [3.8, 4) is 23.1 Å². The van der Waals surface area contributed by atoms with Crippen molar-refractivity contribution >= 4 is 0 Å². The number of aromatic nitrogens is 2. The Morgan fingerprint density at radius 3 is 2.44 bits per heavy atom. The van der Waals surface area contributed by atoms with Crippen LogP contribution in [0.4, 0.5) is 0 Å². The lowest BCUT2D eigenvalue weighted by atomic mass is 10.1. The van der Waals surface area contributed by atoms with Crippen LogP contribution in [0.25, 0.3) is 11.5 Å². The molecule has 2 aromatic heterocycles. The number of oxazole rings is 2. The van der Waals surface area contributed by atoms with E-state index in [1.807, 2.05) is 49.4 Å². The molecule has 0 aliphatic rings. The summed E-state index contributed by atoms with van der Waals surface area (Å²) in [5.41, 5.74) is 3.08. The normalized spacial score (nSPS) is 11.0. The second-order valence-corrected chi connectivity index (χ2v) is 7.62. The number of nitrogens with zero attached hydrogens (tertiary/aromatic N) is 1. The number of aromatic hydroxyl groups is 1. The first-order valence-electron chi connectivity index (χ1n) is 10.7. The van der Waals surface area contributed by atoms with Crippen LogP contribution >= 0.6 is 0 Å². The predicted molar refractivity (Wildman–Crippen MR) is 120 cm³/mol. The standard InChI is InChI=1S/C25H26N2O5/c1-17-21(26-24(31-17)19-8-3-2-4-9-19)15-16-30-20-13-11-18(12-14-20)7-5-6-10-22-23(28)27-25(29)32-22/h2-4,8-9,11-14,28H,5-7,10,15-16H2,1H3,(H,27,29). The lowest BCUT2D eigenvalue weighted by molar-refractivity contribution is 0.320. The van der Waals surface area contributed by atoms with E-state index in [1.165, 1.54) is 5.56 Å². The van der Waals surface area contributed by atoms with Crippen LogP contribution in [0.5, 0.6) is 11.6 Å². The minimum Gasteiger partial charge on any atom is -0.493 e. The van der Waals surface area contributed by atoms with Crippen LogP contribution in [-0.4, -0.2) is 21.7 Å². The van der Waals surface area contributed by atoms with Crippen LogP contribution in [0.2, 0.25) is 0 Å². The van der Waals surface area contributed by atoms with Gasteiger partial charge in [0, 0.05) is 18.4 Å². The molecule has 2 aromatic carbocycles. The molecular weight excluding hydrogens is 408 g/mol. The summed E-state index contributed by atoms with van der Waals surface area (Å²) in [6.45, 7) is 2.45. The molecule has 2 heterocycles. The zero-order valence-corrected chi connectivity index (χ0v) is 18.0. The van der Waals surface area contributed by atoms with E-state index in [9.17, 15) is 9.90 Å². The van der Waals surface area contributed by atoms with Gasteiger partial charge in [-0.05, 0) is 56.0 Å². The summed E-state index contributed by atoms with van der Waals surface area (Å²) in [4.78, 5) is 17.9. The van der Waals surface area contributed by atoms with Crippen molar-refractivity contribution in [2.45, 2.75) is 39.0 Å². The van der Waals surface area contributed by atoms with Crippen molar-refractivity contribution in [1.29, 1.82) is 0 Å². The van der Waals surface area contributed by atoms with E-state index < -0.39 is 5.76 Å². The van der Waals surface area contributed by atoms with Gasteiger partial charge in [-0.15, -0.1) is 0 Å². The number of nitrogens with one attached hydrogen (secondary N) is 1. The maximum Gasteiger partial charge on any atom is 0.419 e. The maximum absolute atomic E-state index is 11.0. The van der Waals surface area contributed by atoms with Gasteiger partial charge in [0.2, 0.25) is 11.8 Å². The first kappa shape index (κ1) is 21.5. The predicted octanol–water partition coefficient (Wildman–Crippen LogP) is 4.82. The molecule has 0 aliphatic carbocycles. The van der Waals surface area contributed by atoms with Gasteiger partial charge < -0.3 is 18.7 Å². The SMILES string of the molecule is Cc1oc(-c2ccccc2)nc1CCOc1ccc(CCCCc2oc(=O)[nH]c2O)cc1. The smallest absolute Gasteiger partial charge is 0.419 e. The molecule has 0 unspecified atom stereocenters. The molecule has 4 rings (SSSR count). The fraction of sp³-hybridized carbons (Fsp3) is 0.280. The Bertz CT molecular complexity index is 1190. The van der Waals surface area contributed by atoms with Crippen LogP contribution < -0.4 is 10.5 Å². The first-order chi connectivity index (χ1) is 15.6. The third-order valence-corrected chi connectivity index (χ3v) is 5.26. The van der Waals surface area contributed by atoms with E-state index in [1.54, 1.807) is 0 Å². The van der Waals surface area contributed by atoms with Crippen molar-refractivity contribution in [2.75, 3.05) is 6.61 Å². The summed E-state index contributed by atoms with van der Waals surface area (Å²) >= 11 is 0. The Morgan fingerprint density at radius 2 is 1.72 bits per heavy atom. The molecule has 0 aliphatic heterocycles. The molecule has 2 N–H and O–H groups in total. The van der Waals surface area contributed by atoms with Crippen molar-refractivity contribution in [3.63, 3.8) is 0 Å². The van der Waals surface area contributed by atoms with Gasteiger partial charge in [-0.2, -0.15) is 0 Å². The molecule has 32 heavy (non-hydrogen) atoms. The minimum absolute atomic E-state index is 0.173. The molecular formula is C25H26N2O5. The van der Waals surface area contributed by atoms with E-state index in [0.29, 0.717) is 31.1 Å². The second-order valence-electron chi connectivity index (χ2n) is 7.62. The van der Waals surface area contributed by atoms with Crippen molar-refractivity contribution in [2.24, 2.45) is 0 Å². The number of aromatic amines is 1. The topological polar surface area (TPSA) is 101 Å². The van der Waals surface area contributed by atoms with Crippen LogP contribution in [0.15, 0.2) is 68.2 Å². The van der Waals surface area contributed by atoms with Gasteiger partial charge >= 0.3 is 5.76 Å². The lowest BCUT2D eigenvalue weighted by Crippen LogP contribution is -2.02. The molecule has 0 fully saturated rings. The first-order valence-corrected chi connectivity index (χ1v) is 10.7. The van der Waals surface area contributed by atoms with Gasteiger partial charge in [-0.1, -0.05) is 30.3 Å². The molecule has 0 atom stereocenters. The van der Waals surface area contributed by atoms with Crippen LogP contribution in [0.1, 0.15) is 35.6 Å². The van der Waals surface area contributed by atoms with Crippen molar-refractivity contribution in [3.05, 3.63) is 87.9 Å². The molecule has 0 saturated carbocycles. The third-order valence-electron chi connectivity index (χ3n) is 5.26. The number of benzene rings is 2. The molecule has 0 saturated heterocycles. The van der Waals surface area contributed by atoms with Crippen LogP contribution in [-0.2, 0) is 19.3 Å². The molecule has 0 radical (unpaired) electrons. The van der Waals surface area contributed by atoms with E-state index in [0.717, 1.165) is 42.0 Å². The molecule has 166 valence electrons. The monoisotopic (exact) mass is 434 g/mol. The summed E-state index contributed by atoms with van der Waals surface area (Å²) in [5, 5.41) is 9.52. The summed E-state index contributed by atoms with van der Waals surface area (Å²) in [6.07, 6.45) is 3.83. The molecule has 0 bridgehead atoms. The van der Waals surface area contributed by atoms with Crippen LogP contribution in [0, 0.1) is 6.92 Å². The van der Waals surface area contributed by atoms with Gasteiger partial charge in [0.1, 0.15) is 11.5 Å². The summed E-state index contributed by atoms with van der Waals surface area (Å²) < 4.78 is 16.6. The second kappa shape index (κ2) is 10.0. The van der Waals surface area contributed by atoms with Gasteiger partial charge in [0.05, 0.1) is 12.3 Å². The van der Waals surface area contributed by atoms with E-state index in [4.69, 9.17) is 13.6 Å². The van der Waals surface area contributed by atoms with Crippen LogP contribution in [0.3, 0.4) is 0 Å². The zero-order chi connectivity index (χ0) is 22.3. The van der Waals surface area contributed by atoms with Gasteiger partial charge in [-0.25, -0.2) is 9.78 Å². The highest BCUT2D eigenvalue weighted by Gasteiger charge is 2.11. The highest BCUT2D eigenvalue weighted by molar-refractivity contribution is 5.53. The molecule has 0 amide bonds. The number of unbranched alkanes of at least 4 members (excludes halogenated alkanes) is 1. The third kappa shape index (κ3) is 5.49. The van der Waals surface area contributed by atoms with Gasteiger partial charge in [-0.3, -0.25) is 4.98 Å².